The van der Waals surface area contributed by atoms with E-state index in [-0.39, 0.29) is 0 Å². The van der Waals surface area contributed by atoms with Crippen LogP contribution in [0.2, 0.25) is 5.02 Å². The fourth-order valence-corrected chi connectivity index (χ4v) is 2.77. The van der Waals surface area contributed by atoms with Crippen LogP contribution < -0.4 is 0 Å². The summed E-state index contributed by atoms with van der Waals surface area (Å²) in [5.74, 6) is 0. The van der Waals surface area contributed by atoms with Gasteiger partial charge in [0.15, 0.2) is 0 Å². The van der Waals surface area contributed by atoms with Crippen LogP contribution >= 0.6 is 11.6 Å². The number of aryl methyl sites for hydroxylation is 2. The number of fused-ring (bicyclic) bond motifs is 2. The highest BCUT2D eigenvalue weighted by Gasteiger charge is 2.18. The molecular weight excluding hydrogens is 234 g/mol. The Labute approximate surface area is 106 Å². The van der Waals surface area contributed by atoms with E-state index in [0.717, 1.165) is 40.2 Å². The first kappa shape index (κ1) is 11.0. The van der Waals surface area contributed by atoms with Gasteiger partial charge in [-0.2, -0.15) is 0 Å². The maximum Gasteiger partial charge on any atom is 0.0749 e. The smallest absolute Gasteiger partial charge is 0.0749 e. The van der Waals surface area contributed by atoms with Crippen molar-refractivity contribution in [2.75, 3.05) is 6.61 Å². The Hall–Kier alpha value is -1.12. The Balaban J connectivity index is 2.40. The van der Waals surface area contributed by atoms with Gasteiger partial charge in [-0.05, 0) is 25.5 Å². The van der Waals surface area contributed by atoms with Crippen LogP contribution in [0.3, 0.4) is 0 Å². The second kappa shape index (κ2) is 3.97. The molecule has 3 heteroatoms. The van der Waals surface area contributed by atoms with Gasteiger partial charge >= 0.3 is 0 Å². The van der Waals surface area contributed by atoms with E-state index in [0.29, 0.717) is 6.61 Å². The number of rotatable bonds is 0. The van der Waals surface area contributed by atoms with Gasteiger partial charge in [0.1, 0.15) is 0 Å². The first-order valence-electron chi connectivity index (χ1n) is 5.83. The average Bonchev–Trinajstić information content (AvgIpc) is 2.31. The number of benzene rings is 1. The first-order valence-corrected chi connectivity index (χ1v) is 6.20. The van der Waals surface area contributed by atoms with Crippen LogP contribution in [0.4, 0.5) is 0 Å². The average molecular weight is 248 g/mol. The molecule has 0 bridgehead atoms. The zero-order chi connectivity index (χ0) is 12.0. The van der Waals surface area contributed by atoms with E-state index in [9.17, 15) is 0 Å². The molecule has 0 spiro atoms. The monoisotopic (exact) mass is 247 g/mol. The lowest BCUT2D eigenvalue weighted by Gasteiger charge is -2.19. The third kappa shape index (κ3) is 1.72. The maximum absolute atomic E-state index is 6.48. The standard InChI is InChI=1S/C14H14ClNO/c1-8-5-9(2)14-10(6-8)13(15)11-7-17-4-3-12(11)16-14/h5-6H,3-4,7H2,1-2H3. The molecule has 1 aromatic carbocycles. The quantitative estimate of drug-likeness (QED) is 0.710. The van der Waals surface area contributed by atoms with Crippen molar-refractivity contribution in [3.8, 4) is 0 Å². The van der Waals surface area contributed by atoms with E-state index in [1.165, 1.54) is 11.1 Å². The molecular formula is C14H14ClNO. The van der Waals surface area contributed by atoms with Crippen LogP contribution in [-0.4, -0.2) is 11.6 Å². The molecule has 0 amide bonds. The van der Waals surface area contributed by atoms with E-state index in [1.807, 2.05) is 0 Å². The van der Waals surface area contributed by atoms with Gasteiger partial charge in [-0.15, -0.1) is 0 Å². The Morgan fingerprint density at radius 3 is 2.94 bits per heavy atom. The lowest BCUT2D eigenvalue weighted by molar-refractivity contribution is 0.109. The van der Waals surface area contributed by atoms with Crippen LogP contribution in [0, 0.1) is 13.8 Å². The van der Waals surface area contributed by atoms with Crippen molar-refractivity contribution in [1.29, 1.82) is 0 Å². The largest absolute Gasteiger partial charge is 0.376 e. The molecule has 0 saturated carbocycles. The van der Waals surface area contributed by atoms with Gasteiger partial charge in [-0.1, -0.05) is 23.2 Å². The van der Waals surface area contributed by atoms with Crippen molar-refractivity contribution in [1.82, 2.24) is 4.98 Å². The van der Waals surface area contributed by atoms with E-state index in [1.54, 1.807) is 0 Å². The molecule has 0 unspecified atom stereocenters. The minimum Gasteiger partial charge on any atom is -0.376 e. The van der Waals surface area contributed by atoms with E-state index < -0.39 is 0 Å². The lowest BCUT2D eigenvalue weighted by atomic mass is 10.0. The molecule has 2 aromatic rings. The molecule has 0 radical (unpaired) electrons. The number of hydrogen-bond acceptors (Lipinski definition) is 2. The number of pyridine rings is 1. The molecule has 2 nitrogen and oxygen atoms in total. The molecule has 3 rings (SSSR count). The second-order valence-electron chi connectivity index (χ2n) is 4.63. The van der Waals surface area contributed by atoms with Gasteiger partial charge in [0.05, 0.1) is 29.4 Å². The summed E-state index contributed by atoms with van der Waals surface area (Å²) >= 11 is 6.48. The molecule has 88 valence electrons. The Bertz CT molecular complexity index is 607. The summed E-state index contributed by atoms with van der Waals surface area (Å²) in [6, 6.07) is 4.25. The number of ether oxygens (including phenoxy) is 1. The van der Waals surface area contributed by atoms with Crippen molar-refractivity contribution >= 4 is 22.5 Å². The predicted octanol–water partition coefficient (Wildman–Crippen LogP) is 3.58. The van der Waals surface area contributed by atoms with Gasteiger partial charge < -0.3 is 4.74 Å². The number of halogens is 1. The van der Waals surface area contributed by atoms with Gasteiger partial charge in [-0.25, -0.2) is 0 Å². The molecule has 0 atom stereocenters. The highest BCUT2D eigenvalue weighted by Crippen LogP contribution is 2.32. The molecule has 2 heterocycles. The first-order chi connectivity index (χ1) is 8.16. The van der Waals surface area contributed by atoms with Crippen molar-refractivity contribution in [3.63, 3.8) is 0 Å². The molecule has 0 N–H and O–H groups in total. The molecule has 0 fully saturated rings. The summed E-state index contributed by atoms with van der Waals surface area (Å²) in [6.07, 6.45) is 0.859. The van der Waals surface area contributed by atoms with Crippen molar-refractivity contribution < 1.29 is 4.74 Å². The second-order valence-corrected chi connectivity index (χ2v) is 5.01. The molecule has 0 aliphatic carbocycles. The SMILES string of the molecule is Cc1cc(C)c2nc3c(c(Cl)c2c1)COCC3. The Morgan fingerprint density at radius 1 is 1.29 bits per heavy atom. The number of aromatic nitrogens is 1. The zero-order valence-electron chi connectivity index (χ0n) is 10.0. The number of nitrogens with zero attached hydrogens (tertiary/aromatic N) is 1. The van der Waals surface area contributed by atoms with Crippen LogP contribution in [0.25, 0.3) is 10.9 Å². The highest BCUT2D eigenvalue weighted by atomic mass is 35.5. The van der Waals surface area contributed by atoms with Crippen molar-refractivity contribution in [2.45, 2.75) is 26.9 Å². The molecule has 1 aromatic heterocycles. The molecule has 17 heavy (non-hydrogen) atoms. The molecule has 1 aliphatic heterocycles. The maximum atomic E-state index is 6.48. The lowest BCUT2D eigenvalue weighted by Crippen LogP contribution is -2.12. The summed E-state index contributed by atoms with van der Waals surface area (Å²) < 4.78 is 5.46. The minimum absolute atomic E-state index is 0.587. The summed E-state index contributed by atoms with van der Waals surface area (Å²) in [4.78, 5) is 4.75. The van der Waals surface area contributed by atoms with E-state index in [4.69, 9.17) is 21.3 Å². The summed E-state index contributed by atoms with van der Waals surface area (Å²) in [7, 11) is 0. The Kier molecular flexibility index (Phi) is 2.57. The summed E-state index contributed by atoms with van der Waals surface area (Å²) in [5.41, 5.74) is 5.60. The highest BCUT2D eigenvalue weighted by molar-refractivity contribution is 6.36. The van der Waals surface area contributed by atoms with Crippen LogP contribution in [-0.2, 0) is 17.8 Å². The normalized spacial score (nSPS) is 15.0. The fraction of sp³-hybridized carbons (Fsp3) is 0.357. The van der Waals surface area contributed by atoms with E-state index >= 15 is 0 Å². The third-order valence-corrected chi connectivity index (χ3v) is 3.70. The van der Waals surface area contributed by atoms with Crippen LogP contribution in [0.5, 0.6) is 0 Å². The van der Waals surface area contributed by atoms with Crippen molar-refractivity contribution in [2.24, 2.45) is 0 Å². The van der Waals surface area contributed by atoms with Gasteiger partial charge in [0.2, 0.25) is 0 Å². The zero-order valence-corrected chi connectivity index (χ0v) is 10.8. The topological polar surface area (TPSA) is 22.1 Å². The molecule has 1 aliphatic rings. The van der Waals surface area contributed by atoms with Gasteiger partial charge in [0, 0.05) is 17.4 Å². The predicted molar refractivity (Wildman–Crippen MR) is 69.6 cm³/mol. The number of hydrogen-bond donors (Lipinski definition) is 0. The van der Waals surface area contributed by atoms with Crippen LogP contribution in [0.15, 0.2) is 12.1 Å². The molecule has 0 saturated heterocycles. The van der Waals surface area contributed by atoms with Crippen molar-refractivity contribution in [3.05, 3.63) is 39.5 Å². The fourth-order valence-electron chi connectivity index (χ4n) is 2.46. The van der Waals surface area contributed by atoms with E-state index in [2.05, 4.69) is 26.0 Å². The third-order valence-electron chi connectivity index (χ3n) is 3.27. The van der Waals surface area contributed by atoms with Gasteiger partial charge in [0.25, 0.3) is 0 Å². The Morgan fingerprint density at radius 2 is 2.12 bits per heavy atom. The summed E-state index contributed by atoms with van der Waals surface area (Å²) in [6.45, 7) is 5.50. The minimum atomic E-state index is 0.587. The van der Waals surface area contributed by atoms with Gasteiger partial charge in [-0.3, -0.25) is 4.98 Å². The van der Waals surface area contributed by atoms with Crippen LogP contribution in [0.1, 0.15) is 22.4 Å². The summed E-state index contributed by atoms with van der Waals surface area (Å²) in [5, 5.41) is 1.87.